The zero-order valence-electron chi connectivity index (χ0n) is 11.0. The molecule has 0 saturated heterocycles. The molecule has 94 valence electrons. The summed E-state index contributed by atoms with van der Waals surface area (Å²) in [7, 11) is 1.92. The van der Waals surface area contributed by atoms with Crippen LogP contribution in [0.5, 0.6) is 5.75 Å². The SMILES string of the molecule is CNc1cccc(C)c1COc1cccnc1C. The van der Waals surface area contributed by atoms with E-state index < -0.39 is 0 Å². The molecule has 1 aromatic heterocycles. The van der Waals surface area contributed by atoms with Gasteiger partial charge >= 0.3 is 0 Å². The number of ether oxygens (including phenoxy) is 1. The molecule has 0 aliphatic carbocycles. The first-order valence-electron chi connectivity index (χ1n) is 6.03. The van der Waals surface area contributed by atoms with E-state index >= 15 is 0 Å². The van der Waals surface area contributed by atoms with Gasteiger partial charge in [0.1, 0.15) is 12.4 Å². The van der Waals surface area contributed by atoms with Crippen LogP contribution in [-0.4, -0.2) is 12.0 Å². The van der Waals surface area contributed by atoms with E-state index in [1.807, 2.05) is 32.2 Å². The van der Waals surface area contributed by atoms with E-state index in [0.717, 1.165) is 17.1 Å². The van der Waals surface area contributed by atoms with E-state index in [1.165, 1.54) is 11.1 Å². The number of nitrogens with zero attached hydrogens (tertiary/aromatic N) is 1. The van der Waals surface area contributed by atoms with Crippen molar-refractivity contribution in [2.75, 3.05) is 12.4 Å². The van der Waals surface area contributed by atoms with E-state index in [1.54, 1.807) is 6.20 Å². The predicted octanol–water partition coefficient (Wildman–Crippen LogP) is 3.32. The molecule has 0 saturated carbocycles. The fraction of sp³-hybridized carbons (Fsp3) is 0.267. The number of benzene rings is 1. The van der Waals surface area contributed by atoms with Gasteiger partial charge in [0, 0.05) is 24.5 Å². The Morgan fingerprint density at radius 2 is 2.00 bits per heavy atom. The second kappa shape index (κ2) is 5.54. The lowest BCUT2D eigenvalue weighted by Crippen LogP contribution is -2.04. The van der Waals surface area contributed by atoms with Crippen molar-refractivity contribution in [2.24, 2.45) is 0 Å². The number of anilines is 1. The third-order valence-corrected chi connectivity index (χ3v) is 3.01. The van der Waals surface area contributed by atoms with Gasteiger partial charge in [0.2, 0.25) is 0 Å². The van der Waals surface area contributed by atoms with E-state index in [4.69, 9.17) is 4.74 Å². The number of pyridine rings is 1. The summed E-state index contributed by atoms with van der Waals surface area (Å²) in [6, 6.07) is 10.0. The second-order valence-corrected chi connectivity index (χ2v) is 4.23. The summed E-state index contributed by atoms with van der Waals surface area (Å²) >= 11 is 0. The van der Waals surface area contributed by atoms with Crippen LogP contribution in [0.3, 0.4) is 0 Å². The summed E-state index contributed by atoms with van der Waals surface area (Å²) in [4.78, 5) is 4.22. The molecule has 0 fully saturated rings. The Bertz CT molecular complexity index is 538. The highest BCUT2D eigenvalue weighted by Crippen LogP contribution is 2.22. The Balaban J connectivity index is 2.18. The lowest BCUT2D eigenvalue weighted by molar-refractivity contribution is 0.302. The van der Waals surface area contributed by atoms with Crippen molar-refractivity contribution in [3.63, 3.8) is 0 Å². The highest BCUT2D eigenvalue weighted by Gasteiger charge is 2.06. The van der Waals surface area contributed by atoms with E-state index in [-0.39, 0.29) is 0 Å². The van der Waals surface area contributed by atoms with Gasteiger partial charge in [-0.1, -0.05) is 12.1 Å². The maximum absolute atomic E-state index is 5.84. The number of aryl methyl sites for hydroxylation is 2. The van der Waals surface area contributed by atoms with Crippen molar-refractivity contribution in [1.82, 2.24) is 4.98 Å². The second-order valence-electron chi connectivity index (χ2n) is 4.23. The fourth-order valence-corrected chi connectivity index (χ4v) is 1.90. The van der Waals surface area contributed by atoms with Gasteiger partial charge < -0.3 is 10.1 Å². The van der Waals surface area contributed by atoms with Crippen LogP contribution in [0.1, 0.15) is 16.8 Å². The Hall–Kier alpha value is -2.03. The molecule has 0 atom stereocenters. The molecule has 3 heteroatoms. The maximum atomic E-state index is 5.84. The van der Waals surface area contributed by atoms with Crippen LogP contribution in [-0.2, 0) is 6.61 Å². The van der Waals surface area contributed by atoms with E-state index in [2.05, 4.69) is 29.4 Å². The molecule has 1 N–H and O–H groups in total. The molecule has 1 aromatic carbocycles. The van der Waals surface area contributed by atoms with E-state index in [0.29, 0.717) is 6.61 Å². The van der Waals surface area contributed by atoms with Crippen LogP contribution in [0, 0.1) is 13.8 Å². The molecule has 18 heavy (non-hydrogen) atoms. The van der Waals surface area contributed by atoms with Crippen LogP contribution in [0.4, 0.5) is 5.69 Å². The Kier molecular flexibility index (Phi) is 3.82. The Morgan fingerprint density at radius 3 is 2.72 bits per heavy atom. The molecule has 0 amide bonds. The summed E-state index contributed by atoms with van der Waals surface area (Å²) in [5.74, 6) is 0.836. The van der Waals surface area contributed by atoms with Crippen LogP contribution in [0.15, 0.2) is 36.5 Å². The van der Waals surface area contributed by atoms with Crippen molar-refractivity contribution in [2.45, 2.75) is 20.5 Å². The minimum absolute atomic E-state index is 0.551. The molecular formula is C15H18N2O. The third kappa shape index (κ3) is 2.62. The Morgan fingerprint density at radius 1 is 1.17 bits per heavy atom. The number of nitrogens with one attached hydrogen (secondary N) is 1. The molecule has 0 radical (unpaired) electrons. The van der Waals surface area contributed by atoms with Crippen molar-refractivity contribution < 1.29 is 4.74 Å². The zero-order valence-corrected chi connectivity index (χ0v) is 11.0. The topological polar surface area (TPSA) is 34.1 Å². The highest BCUT2D eigenvalue weighted by atomic mass is 16.5. The molecule has 0 aliphatic rings. The van der Waals surface area contributed by atoms with Crippen LogP contribution in [0.25, 0.3) is 0 Å². The molecular weight excluding hydrogens is 224 g/mol. The molecule has 0 aliphatic heterocycles. The van der Waals surface area contributed by atoms with Crippen LogP contribution in [0.2, 0.25) is 0 Å². The van der Waals surface area contributed by atoms with Gasteiger partial charge in [-0.25, -0.2) is 0 Å². The first kappa shape index (κ1) is 12.4. The summed E-state index contributed by atoms with van der Waals surface area (Å²) in [5, 5.41) is 3.19. The largest absolute Gasteiger partial charge is 0.487 e. The fourth-order valence-electron chi connectivity index (χ4n) is 1.90. The Labute approximate surface area is 108 Å². The third-order valence-electron chi connectivity index (χ3n) is 3.01. The van der Waals surface area contributed by atoms with Gasteiger partial charge in [0.25, 0.3) is 0 Å². The maximum Gasteiger partial charge on any atom is 0.141 e. The number of rotatable bonds is 4. The van der Waals surface area contributed by atoms with Crippen molar-refractivity contribution in [1.29, 1.82) is 0 Å². The minimum atomic E-state index is 0.551. The van der Waals surface area contributed by atoms with Gasteiger partial charge in [-0.3, -0.25) is 4.98 Å². The average molecular weight is 242 g/mol. The summed E-state index contributed by atoms with van der Waals surface area (Å²) < 4.78 is 5.84. The van der Waals surface area contributed by atoms with Gasteiger partial charge in [0.15, 0.2) is 0 Å². The monoisotopic (exact) mass is 242 g/mol. The molecule has 3 nitrogen and oxygen atoms in total. The lowest BCUT2D eigenvalue weighted by atomic mass is 10.1. The molecule has 0 spiro atoms. The highest BCUT2D eigenvalue weighted by molar-refractivity contribution is 5.53. The molecule has 2 rings (SSSR count). The lowest BCUT2D eigenvalue weighted by Gasteiger charge is -2.14. The molecule has 1 heterocycles. The summed E-state index contributed by atoms with van der Waals surface area (Å²) in [6.45, 7) is 4.59. The van der Waals surface area contributed by atoms with Crippen molar-refractivity contribution in [3.05, 3.63) is 53.3 Å². The first-order valence-corrected chi connectivity index (χ1v) is 6.03. The van der Waals surface area contributed by atoms with Crippen molar-refractivity contribution in [3.8, 4) is 5.75 Å². The van der Waals surface area contributed by atoms with Gasteiger partial charge in [0.05, 0.1) is 5.69 Å². The number of hydrogen-bond donors (Lipinski definition) is 1. The van der Waals surface area contributed by atoms with Crippen LogP contribution >= 0.6 is 0 Å². The minimum Gasteiger partial charge on any atom is -0.487 e. The molecule has 0 bridgehead atoms. The van der Waals surface area contributed by atoms with Gasteiger partial charge in [-0.15, -0.1) is 0 Å². The quantitative estimate of drug-likeness (QED) is 0.893. The van der Waals surface area contributed by atoms with Gasteiger partial charge in [-0.2, -0.15) is 0 Å². The summed E-state index contributed by atoms with van der Waals surface area (Å²) in [6.07, 6.45) is 1.77. The average Bonchev–Trinajstić information content (AvgIpc) is 2.39. The smallest absolute Gasteiger partial charge is 0.141 e. The zero-order chi connectivity index (χ0) is 13.0. The normalized spacial score (nSPS) is 10.2. The molecule has 0 unspecified atom stereocenters. The molecule has 2 aromatic rings. The summed E-state index contributed by atoms with van der Waals surface area (Å²) in [5.41, 5.74) is 4.43. The standard InChI is InChI=1S/C15H18N2O/c1-11-6-4-7-14(16-3)13(11)10-18-15-8-5-9-17-12(15)2/h4-9,16H,10H2,1-3H3. The number of hydrogen-bond acceptors (Lipinski definition) is 3. The van der Waals surface area contributed by atoms with Gasteiger partial charge in [-0.05, 0) is 37.6 Å². The first-order chi connectivity index (χ1) is 8.72. The van der Waals surface area contributed by atoms with Crippen molar-refractivity contribution >= 4 is 5.69 Å². The predicted molar refractivity (Wildman–Crippen MR) is 74.0 cm³/mol. The number of aromatic nitrogens is 1. The van der Waals surface area contributed by atoms with Crippen LogP contribution < -0.4 is 10.1 Å². The van der Waals surface area contributed by atoms with E-state index in [9.17, 15) is 0 Å².